The number of allylic oxidation sites excluding steroid dienone is 1. The highest BCUT2D eigenvalue weighted by Gasteiger charge is 2.47. The number of benzene rings is 3. The molecule has 3 aromatic carbocycles. The summed E-state index contributed by atoms with van der Waals surface area (Å²) in [4.78, 5) is 0. The van der Waals surface area contributed by atoms with Crippen LogP contribution in [0.15, 0.2) is 104 Å². The van der Waals surface area contributed by atoms with E-state index in [1.807, 2.05) is 97.1 Å². The zero-order valence-electron chi connectivity index (χ0n) is 21.8. The summed E-state index contributed by atoms with van der Waals surface area (Å²) in [5.74, 6) is 0. The summed E-state index contributed by atoms with van der Waals surface area (Å²) in [5, 5.41) is 11.3. The Morgan fingerprint density at radius 3 is 1.79 bits per heavy atom. The van der Waals surface area contributed by atoms with E-state index in [4.69, 9.17) is 23.7 Å². The molecule has 0 radical (unpaired) electrons. The lowest BCUT2D eigenvalue weighted by Crippen LogP contribution is -2.61. The lowest BCUT2D eigenvalue weighted by Gasteiger charge is -2.44. The highest BCUT2D eigenvalue weighted by molar-refractivity contribution is 5.15. The van der Waals surface area contributed by atoms with Crippen molar-refractivity contribution in [1.82, 2.24) is 0 Å². The fourth-order valence-electron chi connectivity index (χ4n) is 4.39. The number of aliphatic hydroxyl groups excluding tert-OH is 1. The number of unbranched alkanes of at least 4 members (excludes halogenated alkanes) is 1. The zero-order chi connectivity index (χ0) is 26.4. The van der Waals surface area contributed by atoms with Crippen molar-refractivity contribution in [1.29, 1.82) is 0 Å². The van der Waals surface area contributed by atoms with Crippen molar-refractivity contribution < 1.29 is 28.8 Å². The van der Waals surface area contributed by atoms with Gasteiger partial charge in [0.15, 0.2) is 6.29 Å². The van der Waals surface area contributed by atoms with E-state index in [-0.39, 0.29) is 6.61 Å². The van der Waals surface area contributed by atoms with Crippen LogP contribution in [0.1, 0.15) is 29.5 Å². The molecule has 1 N–H and O–H groups in total. The predicted octanol–water partition coefficient (Wildman–Crippen LogP) is 5.44. The summed E-state index contributed by atoms with van der Waals surface area (Å²) in [7, 11) is 0. The maximum Gasteiger partial charge on any atom is 0.186 e. The van der Waals surface area contributed by atoms with Gasteiger partial charge < -0.3 is 28.8 Å². The Morgan fingerprint density at radius 1 is 0.711 bits per heavy atom. The summed E-state index contributed by atoms with van der Waals surface area (Å²) in [6, 6.07) is 29.8. The van der Waals surface area contributed by atoms with Gasteiger partial charge in [0.1, 0.15) is 24.4 Å². The van der Waals surface area contributed by atoms with E-state index in [1.54, 1.807) is 0 Å². The van der Waals surface area contributed by atoms with Crippen molar-refractivity contribution in [2.45, 2.75) is 63.4 Å². The number of hydrogen-bond donors (Lipinski definition) is 1. The SMILES string of the molecule is C=CCCCO[C@H]1O[C@H](COCc2ccccc2)[C@@H](OCc2ccccc2)[C@H](OCc2ccccc2)[C@H]1O. The van der Waals surface area contributed by atoms with E-state index in [0.29, 0.717) is 26.4 Å². The van der Waals surface area contributed by atoms with Crippen LogP contribution in [0.4, 0.5) is 0 Å². The molecule has 1 saturated heterocycles. The predicted molar refractivity (Wildman–Crippen MR) is 146 cm³/mol. The van der Waals surface area contributed by atoms with E-state index in [2.05, 4.69) is 6.58 Å². The summed E-state index contributed by atoms with van der Waals surface area (Å²) < 4.78 is 31.0. The zero-order valence-corrected chi connectivity index (χ0v) is 21.8. The largest absolute Gasteiger partial charge is 0.385 e. The molecule has 1 fully saturated rings. The first-order chi connectivity index (χ1) is 18.7. The molecule has 0 aliphatic carbocycles. The first kappa shape index (κ1) is 28.2. The monoisotopic (exact) mass is 518 g/mol. The van der Waals surface area contributed by atoms with Gasteiger partial charge in [0.05, 0.1) is 33.0 Å². The Labute approximate surface area is 225 Å². The van der Waals surface area contributed by atoms with Gasteiger partial charge in [0.25, 0.3) is 0 Å². The topological polar surface area (TPSA) is 66.4 Å². The molecule has 38 heavy (non-hydrogen) atoms. The second-order valence-corrected chi connectivity index (χ2v) is 9.36. The summed E-state index contributed by atoms with van der Waals surface area (Å²) in [5.41, 5.74) is 3.10. The van der Waals surface area contributed by atoms with Crippen LogP contribution < -0.4 is 0 Å². The van der Waals surface area contributed by atoms with Crippen LogP contribution in [0, 0.1) is 0 Å². The van der Waals surface area contributed by atoms with Crippen molar-refractivity contribution in [2.75, 3.05) is 13.2 Å². The molecule has 1 aliphatic rings. The lowest BCUT2D eigenvalue weighted by atomic mass is 9.98. The highest BCUT2D eigenvalue weighted by Crippen LogP contribution is 2.29. The Bertz CT molecular complexity index is 1050. The molecule has 1 heterocycles. The van der Waals surface area contributed by atoms with Gasteiger partial charge in [-0.25, -0.2) is 0 Å². The number of hydrogen-bond acceptors (Lipinski definition) is 6. The quantitative estimate of drug-likeness (QED) is 0.213. The van der Waals surface area contributed by atoms with Crippen LogP contribution in [-0.4, -0.2) is 49.0 Å². The number of ether oxygens (including phenoxy) is 5. The van der Waals surface area contributed by atoms with Gasteiger partial charge in [-0.05, 0) is 29.5 Å². The average Bonchev–Trinajstić information content (AvgIpc) is 2.96. The van der Waals surface area contributed by atoms with Crippen molar-refractivity contribution >= 4 is 0 Å². The van der Waals surface area contributed by atoms with E-state index < -0.39 is 30.7 Å². The van der Waals surface area contributed by atoms with Crippen LogP contribution in [0.2, 0.25) is 0 Å². The van der Waals surface area contributed by atoms with E-state index in [0.717, 1.165) is 29.5 Å². The van der Waals surface area contributed by atoms with Crippen molar-refractivity contribution in [3.05, 3.63) is 120 Å². The van der Waals surface area contributed by atoms with Crippen molar-refractivity contribution in [3.8, 4) is 0 Å². The van der Waals surface area contributed by atoms with Gasteiger partial charge in [-0.15, -0.1) is 6.58 Å². The highest BCUT2D eigenvalue weighted by atomic mass is 16.7. The Balaban J connectivity index is 1.50. The smallest absolute Gasteiger partial charge is 0.186 e. The molecule has 3 aromatic rings. The third kappa shape index (κ3) is 8.60. The molecule has 1 aliphatic heterocycles. The standard InChI is InChI=1S/C32H38O6/c1-2-3-13-20-35-32-29(33)31(37-23-27-18-11-6-12-19-27)30(36-22-26-16-9-5-10-17-26)28(38-32)24-34-21-25-14-7-4-8-15-25/h2,4-12,14-19,28-33H,1,3,13,20-24H2/t28-,29-,30-,31-,32+/m1/s1. The van der Waals surface area contributed by atoms with E-state index in [1.165, 1.54) is 0 Å². The maximum atomic E-state index is 11.3. The molecule has 0 amide bonds. The van der Waals surface area contributed by atoms with Crippen molar-refractivity contribution in [3.63, 3.8) is 0 Å². The number of rotatable bonds is 15. The minimum absolute atomic E-state index is 0.263. The van der Waals surface area contributed by atoms with Crippen LogP contribution in [0.25, 0.3) is 0 Å². The van der Waals surface area contributed by atoms with Gasteiger partial charge in [-0.1, -0.05) is 97.1 Å². The maximum absolute atomic E-state index is 11.3. The molecule has 6 nitrogen and oxygen atoms in total. The normalized spacial score (nSPS) is 23.2. The third-order valence-corrected chi connectivity index (χ3v) is 6.41. The Morgan fingerprint density at radius 2 is 1.24 bits per heavy atom. The first-order valence-corrected chi connectivity index (χ1v) is 13.2. The molecule has 0 unspecified atom stereocenters. The Kier molecular flexibility index (Phi) is 11.5. The molecule has 0 saturated carbocycles. The Hall–Kier alpha value is -2.84. The molecule has 0 bridgehead atoms. The molecular weight excluding hydrogens is 480 g/mol. The summed E-state index contributed by atoms with van der Waals surface area (Å²) >= 11 is 0. The van der Waals surface area contributed by atoms with Gasteiger partial charge >= 0.3 is 0 Å². The fraction of sp³-hybridized carbons (Fsp3) is 0.375. The third-order valence-electron chi connectivity index (χ3n) is 6.41. The molecule has 0 spiro atoms. The lowest BCUT2D eigenvalue weighted by molar-refractivity contribution is -0.319. The van der Waals surface area contributed by atoms with Crippen LogP contribution >= 0.6 is 0 Å². The average molecular weight is 519 g/mol. The van der Waals surface area contributed by atoms with E-state index in [9.17, 15) is 5.11 Å². The number of aliphatic hydroxyl groups is 1. The molecule has 0 aromatic heterocycles. The van der Waals surface area contributed by atoms with E-state index >= 15 is 0 Å². The second kappa shape index (κ2) is 15.5. The minimum Gasteiger partial charge on any atom is -0.385 e. The minimum atomic E-state index is -1.03. The summed E-state index contributed by atoms with van der Waals surface area (Å²) in [6.45, 7) is 5.58. The molecule has 4 rings (SSSR count). The van der Waals surface area contributed by atoms with Gasteiger partial charge in [-0.2, -0.15) is 0 Å². The van der Waals surface area contributed by atoms with Gasteiger partial charge in [-0.3, -0.25) is 0 Å². The molecule has 6 heteroatoms. The van der Waals surface area contributed by atoms with Crippen LogP contribution in [-0.2, 0) is 43.5 Å². The molecular formula is C32H38O6. The molecule has 202 valence electrons. The molecule has 5 atom stereocenters. The van der Waals surface area contributed by atoms with Crippen molar-refractivity contribution in [2.24, 2.45) is 0 Å². The fourth-order valence-corrected chi connectivity index (χ4v) is 4.39. The van der Waals surface area contributed by atoms with Gasteiger partial charge in [0, 0.05) is 0 Å². The van der Waals surface area contributed by atoms with Crippen LogP contribution in [0.5, 0.6) is 0 Å². The van der Waals surface area contributed by atoms with Gasteiger partial charge in [0.2, 0.25) is 0 Å². The first-order valence-electron chi connectivity index (χ1n) is 13.2. The second-order valence-electron chi connectivity index (χ2n) is 9.36. The van der Waals surface area contributed by atoms with Crippen LogP contribution in [0.3, 0.4) is 0 Å². The summed E-state index contributed by atoms with van der Waals surface area (Å²) in [6.07, 6.45) is -0.189.